The van der Waals surface area contributed by atoms with Crippen LogP contribution in [0.2, 0.25) is 0 Å². The van der Waals surface area contributed by atoms with Crippen LogP contribution in [0, 0.1) is 13.8 Å². The zero-order chi connectivity index (χ0) is 17.4. The summed E-state index contributed by atoms with van der Waals surface area (Å²) in [4.78, 5) is 9.05. The number of hydrogen-bond acceptors (Lipinski definition) is 5. The molecular weight excluding hydrogens is 352 g/mol. The highest BCUT2D eigenvalue weighted by Crippen LogP contribution is 2.29. The van der Waals surface area contributed by atoms with Crippen LogP contribution in [0.25, 0.3) is 22.3 Å². The summed E-state index contributed by atoms with van der Waals surface area (Å²) in [6, 6.07) is 12.3. The third kappa shape index (κ3) is 3.09. The number of benzene rings is 1. The number of pyridine rings is 1. The van der Waals surface area contributed by atoms with Gasteiger partial charge in [-0.1, -0.05) is 35.5 Å². The minimum atomic E-state index is -0.198. The zero-order valence-corrected chi connectivity index (χ0v) is 15.3. The molecule has 134 valence electrons. The molecular formula is C19H19ClN4O2. The molecule has 0 aliphatic rings. The topological polar surface area (TPSA) is 77.0 Å². The van der Waals surface area contributed by atoms with Crippen molar-refractivity contribution >= 4 is 23.6 Å². The van der Waals surface area contributed by atoms with Gasteiger partial charge in [0.1, 0.15) is 12.4 Å². The molecule has 1 aromatic carbocycles. The molecule has 0 saturated carbocycles. The van der Waals surface area contributed by atoms with Crippen LogP contribution in [-0.4, -0.2) is 24.8 Å². The Balaban J connectivity index is 0.00000196. The molecule has 0 bridgehead atoms. The number of imidazole rings is 1. The van der Waals surface area contributed by atoms with E-state index < -0.39 is 0 Å². The van der Waals surface area contributed by atoms with Gasteiger partial charge in [-0.15, -0.1) is 12.4 Å². The molecule has 0 aliphatic carbocycles. The highest BCUT2D eigenvalue weighted by molar-refractivity contribution is 5.85. The van der Waals surface area contributed by atoms with Crippen LogP contribution in [0.5, 0.6) is 0 Å². The summed E-state index contributed by atoms with van der Waals surface area (Å²) in [7, 11) is 0. The van der Waals surface area contributed by atoms with E-state index in [-0.39, 0.29) is 19.0 Å². The first kappa shape index (κ1) is 18.1. The summed E-state index contributed by atoms with van der Waals surface area (Å²) < 4.78 is 7.33. The Hall–Kier alpha value is -2.70. The highest BCUT2D eigenvalue weighted by atomic mass is 35.5. The Morgan fingerprint density at radius 3 is 2.65 bits per heavy atom. The number of hydrogen-bond donors (Lipinski definition) is 1. The van der Waals surface area contributed by atoms with Crippen molar-refractivity contribution in [3.63, 3.8) is 0 Å². The molecule has 6 nitrogen and oxygen atoms in total. The molecule has 3 heterocycles. The van der Waals surface area contributed by atoms with Crippen molar-refractivity contribution in [2.75, 3.05) is 0 Å². The molecule has 1 N–H and O–H groups in total. The highest BCUT2D eigenvalue weighted by Gasteiger charge is 2.17. The Labute approximate surface area is 156 Å². The van der Waals surface area contributed by atoms with Gasteiger partial charge in [0.2, 0.25) is 0 Å². The lowest BCUT2D eigenvalue weighted by Crippen LogP contribution is -2.02. The third-order valence-electron chi connectivity index (χ3n) is 4.35. The fraction of sp³-hybridized carbons (Fsp3) is 0.211. The van der Waals surface area contributed by atoms with E-state index in [9.17, 15) is 5.11 Å². The van der Waals surface area contributed by atoms with Gasteiger partial charge < -0.3 is 14.2 Å². The zero-order valence-electron chi connectivity index (χ0n) is 14.5. The fourth-order valence-corrected chi connectivity index (χ4v) is 3.12. The van der Waals surface area contributed by atoms with Gasteiger partial charge in [-0.25, -0.2) is 9.97 Å². The average Bonchev–Trinajstić information content (AvgIpc) is 3.15. The van der Waals surface area contributed by atoms with Crippen LogP contribution in [0.1, 0.15) is 22.8 Å². The summed E-state index contributed by atoms with van der Waals surface area (Å²) in [5.41, 5.74) is 5.25. The number of halogens is 1. The van der Waals surface area contributed by atoms with E-state index in [1.54, 1.807) is 6.20 Å². The van der Waals surface area contributed by atoms with E-state index in [1.807, 2.05) is 38.1 Å². The second-order valence-electron chi connectivity index (χ2n) is 6.02. The van der Waals surface area contributed by atoms with Gasteiger partial charge in [0.05, 0.1) is 16.8 Å². The average molecular weight is 371 g/mol. The lowest BCUT2D eigenvalue weighted by molar-refractivity contribution is 0.229. The number of aryl methyl sites for hydroxylation is 2. The van der Waals surface area contributed by atoms with Crippen LogP contribution < -0.4 is 0 Å². The third-order valence-corrected chi connectivity index (χ3v) is 4.35. The maximum Gasteiger partial charge on any atom is 0.177 e. The van der Waals surface area contributed by atoms with Gasteiger partial charge in [-0.3, -0.25) is 0 Å². The van der Waals surface area contributed by atoms with Crippen molar-refractivity contribution in [1.82, 2.24) is 19.7 Å². The molecule has 4 rings (SSSR count). The van der Waals surface area contributed by atoms with E-state index in [1.165, 1.54) is 5.56 Å². The molecule has 3 aromatic heterocycles. The molecule has 0 saturated heterocycles. The minimum Gasteiger partial charge on any atom is -0.388 e. The summed E-state index contributed by atoms with van der Waals surface area (Å²) >= 11 is 0. The summed E-state index contributed by atoms with van der Waals surface area (Å²) in [6.45, 7) is 4.36. The SMILES string of the molecule is Cc1noc(CO)c1-c1cnc2nc(C)n(Cc3ccccc3)c2c1.Cl. The molecule has 0 radical (unpaired) electrons. The quantitative estimate of drug-likeness (QED) is 0.593. The van der Waals surface area contributed by atoms with Crippen LogP contribution in [0.4, 0.5) is 0 Å². The largest absolute Gasteiger partial charge is 0.388 e. The van der Waals surface area contributed by atoms with Crippen molar-refractivity contribution in [3.8, 4) is 11.1 Å². The van der Waals surface area contributed by atoms with E-state index in [0.29, 0.717) is 11.4 Å². The molecule has 0 spiro atoms. The van der Waals surface area contributed by atoms with Gasteiger partial charge in [-0.2, -0.15) is 0 Å². The maximum absolute atomic E-state index is 9.49. The number of fused-ring (bicyclic) bond motifs is 1. The predicted octanol–water partition coefficient (Wildman–Crippen LogP) is 3.67. The Kier molecular flexibility index (Phi) is 5.06. The smallest absolute Gasteiger partial charge is 0.177 e. The number of aliphatic hydroxyl groups is 1. The second-order valence-corrected chi connectivity index (χ2v) is 6.02. The van der Waals surface area contributed by atoms with Crippen LogP contribution in [0.15, 0.2) is 47.1 Å². The number of rotatable bonds is 4. The standard InChI is InChI=1S/C19H18N4O2.ClH/c1-12-18(17(11-24)25-22-12)15-8-16-19(20-9-15)21-13(2)23(16)10-14-6-4-3-5-7-14;/h3-9,24H,10-11H2,1-2H3;1H. The van der Waals surface area contributed by atoms with E-state index in [0.717, 1.165) is 34.7 Å². The molecule has 4 aromatic rings. The molecule has 0 aliphatic heterocycles. The van der Waals surface area contributed by atoms with Crippen molar-refractivity contribution in [2.45, 2.75) is 27.0 Å². The number of nitrogens with zero attached hydrogens (tertiary/aromatic N) is 4. The Morgan fingerprint density at radius 1 is 1.15 bits per heavy atom. The summed E-state index contributed by atoms with van der Waals surface area (Å²) in [5.74, 6) is 1.36. The predicted molar refractivity (Wildman–Crippen MR) is 101 cm³/mol. The number of aliphatic hydroxyl groups excluding tert-OH is 1. The van der Waals surface area contributed by atoms with Gasteiger partial charge in [0.15, 0.2) is 11.4 Å². The summed E-state index contributed by atoms with van der Waals surface area (Å²) in [6.07, 6.45) is 1.75. The normalized spacial score (nSPS) is 10.9. The van der Waals surface area contributed by atoms with Crippen molar-refractivity contribution in [2.24, 2.45) is 0 Å². The van der Waals surface area contributed by atoms with Crippen LogP contribution in [0.3, 0.4) is 0 Å². The lowest BCUT2D eigenvalue weighted by Gasteiger charge is -2.08. The van der Waals surface area contributed by atoms with Gasteiger partial charge in [0, 0.05) is 18.3 Å². The first-order valence-corrected chi connectivity index (χ1v) is 8.10. The van der Waals surface area contributed by atoms with Gasteiger partial charge in [-0.05, 0) is 25.5 Å². The van der Waals surface area contributed by atoms with E-state index >= 15 is 0 Å². The molecule has 7 heteroatoms. The summed E-state index contributed by atoms with van der Waals surface area (Å²) in [5, 5.41) is 13.4. The second kappa shape index (κ2) is 7.27. The van der Waals surface area contributed by atoms with Gasteiger partial charge >= 0.3 is 0 Å². The molecule has 0 atom stereocenters. The Morgan fingerprint density at radius 2 is 1.92 bits per heavy atom. The molecule has 26 heavy (non-hydrogen) atoms. The van der Waals surface area contributed by atoms with E-state index in [2.05, 4.69) is 31.8 Å². The van der Waals surface area contributed by atoms with Crippen LogP contribution in [-0.2, 0) is 13.2 Å². The Bertz CT molecular complexity index is 1040. The lowest BCUT2D eigenvalue weighted by atomic mass is 10.1. The van der Waals surface area contributed by atoms with Gasteiger partial charge in [0.25, 0.3) is 0 Å². The maximum atomic E-state index is 9.49. The number of aromatic nitrogens is 4. The van der Waals surface area contributed by atoms with Crippen molar-refractivity contribution < 1.29 is 9.63 Å². The molecule has 0 unspecified atom stereocenters. The molecule has 0 fully saturated rings. The first-order valence-electron chi connectivity index (χ1n) is 8.10. The van der Waals surface area contributed by atoms with Crippen LogP contribution >= 0.6 is 12.4 Å². The monoisotopic (exact) mass is 370 g/mol. The first-order chi connectivity index (χ1) is 12.2. The van der Waals surface area contributed by atoms with Crippen molar-refractivity contribution in [3.05, 3.63) is 65.4 Å². The molecule has 0 amide bonds. The minimum absolute atomic E-state index is 0. The van der Waals surface area contributed by atoms with E-state index in [4.69, 9.17) is 4.52 Å². The van der Waals surface area contributed by atoms with Crippen molar-refractivity contribution in [1.29, 1.82) is 0 Å². The fourth-order valence-electron chi connectivity index (χ4n) is 3.12.